The molecule has 0 radical (unpaired) electrons. The molecule has 1 aromatic rings. The van der Waals surface area contributed by atoms with Crippen LogP contribution in [0.4, 0.5) is 5.69 Å². The van der Waals surface area contributed by atoms with Gasteiger partial charge in [0.2, 0.25) is 0 Å². The topological polar surface area (TPSA) is 43.1 Å². The predicted octanol–water partition coefficient (Wildman–Crippen LogP) is 3.65. The Morgan fingerprint density at radius 2 is 1.87 bits per heavy atom. The van der Waals surface area contributed by atoms with Crippen LogP contribution in [0.15, 0.2) is 30.3 Å². The third-order valence-corrected chi connectivity index (χ3v) is 1.90. The lowest BCUT2D eigenvalue weighted by atomic mass is 9.95. The van der Waals surface area contributed by atoms with Crippen molar-refractivity contribution in [2.24, 2.45) is 5.41 Å². The van der Waals surface area contributed by atoms with Crippen molar-refractivity contribution >= 4 is 11.8 Å². The third-order valence-electron chi connectivity index (χ3n) is 1.90. The van der Waals surface area contributed by atoms with Gasteiger partial charge in [0.05, 0.1) is 10.5 Å². The number of nitrogens with zero attached hydrogens (tertiary/aromatic N) is 1. The van der Waals surface area contributed by atoms with Crippen molar-refractivity contribution in [1.82, 2.24) is 0 Å². The second-order valence-corrected chi connectivity index (χ2v) is 4.52. The average molecular weight is 205 g/mol. The Bertz CT molecular complexity index is 389. The molecule has 0 aromatic heterocycles. The van der Waals surface area contributed by atoms with E-state index in [2.05, 4.69) is 20.8 Å². The van der Waals surface area contributed by atoms with Crippen molar-refractivity contribution in [2.75, 3.05) is 0 Å². The van der Waals surface area contributed by atoms with Crippen LogP contribution in [0.2, 0.25) is 0 Å². The van der Waals surface area contributed by atoms with Crippen LogP contribution in [0.5, 0.6) is 0 Å². The molecule has 0 atom stereocenters. The first-order chi connectivity index (χ1) is 6.90. The maximum atomic E-state index is 10.7. The highest BCUT2D eigenvalue weighted by atomic mass is 16.6. The molecule has 0 saturated carbocycles. The first kappa shape index (κ1) is 11.4. The molecular formula is C12H15NO2. The standard InChI is InChI=1S/C12H15NO2/c1-12(2,3)9-8-10-6-4-5-7-11(10)13(14)15/h4-9H,1-3H3. The Kier molecular flexibility index (Phi) is 3.24. The lowest BCUT2D eigenvalue weighted by Crippen LogP contribution is -1.98. The molecule has 0 fully saturated rings. The number of nitro benzene ring substituents is 1. The summed E-state index contributed by atoms with van der Waals surface area (Å²) in [5, 5.41) is 10.7. The van der Waals surface area contributed by atoms with Gasteiger partial charge in [-0.1, -0.05) is 45.1 Å². The summed E-state index contributed by atoms with van der Waals surface area (Å²) in [5.41, 5.74) is 0.833. The lowest BCUT2D eigenvalue weighted by Gasteiger charge is -2.10. The zero-order valence-electron chi connectivity index (χ0n) is 9.23. The second kappa shape index (κ2) is 4.26. The van der Waals surface area contributed by atoms with Crippen molar-refractivity contribution in [3.8, 4) is 0 Å². The number of allylic oxidation sites excluding steroid dienone is 1. The van der Waals surface area contributed by atoms with E-state index < -0.39 is 0 Å². The zero-order chi connectivity index (χ0) is 11.5. The van der Waals surface area contributed by atoms with Gasteiger partial charge in [-0.3, -0.25) is 10.1 Å². The van der Waals surface area contributed by atoms with E-state index in [9.17, 15) is 10.1 Å². The number of benzene rings is 1. The molecule has 3 heteroatoms. The smallest absolute Gasteiger partial charge is 0.258 e. The summed E-state index contributed by atoms with van der Waals surface area (Å²) in [6.07, 6.45) is 3.77. The summed E-state index contributed by atoms with van der Waals surface area (Å²) < 4.78 is 0. The molecule has 80 valence electrons. The predicted molar refractivity (Wildman–Crippen MR) is 61.6 cm³/mol. The summed E-state index contributed by atoms with van der Waals surface area (Å²) in [4.78, 5) is 10.4. The highest BCUT2D eigenvalue weighted by Crippen LogP contribution is 2.22. The Morgan fingerprint density at radius 3 is 2.40 bits per heavy atom. The fourth-order valence-electron chi connectivity index (χ4n) is 1.13. The fraction of sp³-hybridized carbons (Fsp3) is 0.333. The maximum Gasteiger partial charge on any atom is 0.276 e. The van der Waals surface area contributed by atoms with E-state index in [4.69, 9.17) is 0 Å². The normalized spacial score (nSPS) is 11.9. The zero-order valence-corrected chi connectivity index (χ0v) is 9.23. The molecule has 0 aliphatic heterocycles. The molecule has 0 aliphatic carbocycles. The van der Waals surface area contributed by atoms with Crippen molar-refractivity contribution in [3.63, 3.8) is 0 Å². The highest BCUT2D eigenvalue weighted by Gasteiger charge is 2.10. The van der Waals surface area contributed by atoms with Gasteiger partial charge in [-0.2, -0.15) is 0 Å². The van der Waals surface area contributed by atoms with Gasteiger partial charge in [0.15, 0.2) is 0 Å². The molecule has 0 bridgehead atoms. The summed E-state index contributed by atoms with van der Waals surface area (Å²) in [7, 11) is 0. The van der Waals surface area contributed by atoms with Crippen LogP contribution in [0.3, 0.4) is 0 Å². The van der Waals surface area contributed by atoms with Gasteiger partial charge < -0.3 is 0 Å². The first-order valence-corrected chi connectivity index (χ1v) is 4.83. The number of para-hydroxylation sites is 1. The Labute approximate surface area is 89.6 Å². The fourth-order valence-corrected chi connectivity index (χ4v) is 1.13. The minimum absolute atomic E-state index is 0.0315. The van der Waals surface area contributed by atoms with Crippen molar-refractivity contribution in [3.05, 3.63) is 46.0 Å². The van der Waals surface area contributed by atoms with E-state index in [1.54, 1.807) is 24.3 Å². The molecule has 0 amide bonds. The van der Waals surface area contributed by atoms with Crippen LogP contribution >= 0.6 is 0 Å². The molecule has 0 saturated heterocycles. The number of rotatable bonds is 2. The van der Waals surface area contributed by atoms with Crippen LogP contribution in [0.25, 0.3) is 6.08 Å². The van der Waals surface area contributed by atoms with Crippen LogP contribution in [-0.4, -0.2) is 4.92 Å². The monoisotopic (exact) mass is 205 g/mol. The Balaban J connectivity index is 3.05. The Morgan fingerprint density at radius 1 is 1.27 bits per heavy atom. The molecular weight excluding hydrogens is 190 g/mol. The first-order valence-electron chi connectivity index (χ1n) is 4.83. The molecule has 1 aromatic carbocycles. The van der Waals surface area contributed by atoms with Crippen LogP contribution in [-0.2, 0) is 0 Å². The van der Waals surface area contributed by atoms with Gasteiger partial charge >= 0.3 is 0 Å². The number of hydrogen-bond acceptors (Lipinski definition) is 2. The molecule has 1 rings (SSSR count). The summed E-state index contributed by atoms with van der Waals surface area (Å²) >= 11 is 0. The third kappa shape index (κ3) is 3.54. The van der Waals surface area contributed by atoms with E-state index in [0.29, 0.717) is 5.56 Å². The minimum atomic E-state index is -0.359. The quantitative estimate of drug-likeness (QED) is 0.546. The van der Waals surface area contributed by atoms with Gasteiger partial charge in [-0.25, -0.2) is 0 Å². The van der Waals surface area contributed by atoms with E-state index in [1.165, 1.54) is 6.07 Å². The maximum absolute atomic E-state index is 10.7. The van der Waals surface area contributed by atoms with E-state index in [0.717, 1.165) is 0 Å². The molecule has 0 spiro atoms. The highest BCUT2D eigenvalue weighted by molar-refractivity contribution is 5.60. The number of hydrogen-bond donors (Lipinski definition) is 0. The second-order valence-electron chi connectivity index (χ2n) is 4.52. The minimum Gasteiger partial charge on any atom is -0.258 e. The molecule has 15 heavy (non-hydrogen) atoms. The number of nitro groups is 1. The van der Waals surface area contributed by atoms with E-state index in [-0.39, 0.29) is 16.0 Å². The van der Waals surface area contributed by atoms with Crippen molar-refractivity contribution < 1.29 is 4.92 Å². The molecule has 0 aliphatic rings. The van der Waals surface area contributed by atoms with Crippen LogP contribution in [0.1, 0.15) is 26.3 Å². The van der Waals surface area contributed by atoms with Gasteiger partial charge in [-0.05, 0) is 11.5 Å². The van der Waals surface area contributed by atoms with Crippen LogP contribution in [0, 0.1) is 15.5 Å². The van der Waals surface area contributed by atoms with Gasteiger partial charge in [0.25, 0.3) is 5.69 Å². The van der Waals surface area contributed by atoms with Crippen molar-refractivity contribution in [1.29, 1.82) is 0 Å². The molecule has 0 heterocycles. The summed E-state index contributed by atoms with van der Waals surface area (Å²) in [6, 6.07) is 6.74. The average Bonchev–Trinajstić information content (AvgIpc) is 2.14. The largest absolute Gasteiger partial charge is 0.276 e. The van der Waals surface area contributed by atoms with E-state index in [1.807, 2.05) is 6.08 Å². The van der Waals surface area contributed by atoms with Gasteiger partial charge in [0, 0.05) is 6.07 Å². The molecule has 0 N–H and O–H groups in total. The van der Waals surface area contributed by atoms with Gasteiger partial charge in [0.1, 0.15) is 0 Å². The lowest BCUT2D eigenvalue weighted by molar-refractivity contribution is -0.385. The van der Waals surface area contributed by atoms with Crippen LogP contribution < -0.4 is 0 Å². The Hall–Kier alpha value is -1.64. The van der Waals surface area contributed by atoms with E-state index >= 15 is 0 Å². The molecule has 3 nitrogen and oxygen atoms in total. The molecule has 0 unspecified atom stereocenters. The summed E-state index contributed by atoms with van der Waals surface area (Å²) in [6.45, 7) is 6.16. The summed E-state index contributed by atoms with van der Waals surface area (Å²) in [5.74, 6) is 0. The SMILES string of the molecule is CC(C)(C)C=Cc1ccccc1[N+](=O)[O-]. The van der Waals surface area contributed by atoms with Crippen molar-refractivity contribution in [2.45, 2.75) is 20.8 Å². The van der Waals surface area contributed by atoms with Gasteiger partial charge in [-0.15, -0.1) is 0 Å².